The molecule has 1 amide bonds. The maximum absolute atomic E-state index is 12.2. The van der Waals surface area contributed by atoms with Gasteiger partial charge in [0, 0.05) is 12.5 Å². The van der Waals surface area contributed by atoms with Crippen molar-refractivity contribution in [1.82, 2.24) is 4.90 Å². The minimum absolute atomic E-state index is 0.211. The molecule has 138 valence electrons. The Morgan fingerprint density at radius 2 is 1.96 bits per heavy atom. The number of hydrogen-bond donors (Lipinski definition) is 1. The van der Waals surface area contributed by atoms with Gasteiger partial charge in [-0.25, -0.2) is 9.59 Å². The lowest BCUT2D eigenvalue weighted by atomic mass is 9.91. The van der Waals surface area contributed by atoms with E-state index in [2.05, 4.69) is 0 Å². The van der Waals surface area contributed by atoms with Crippen molar-refractivity contribution >= 4 is 12.1 Å². The van der Waals surface area contributed by atoms with E-state index in [-0.39, 0.29) is 18.4 Å². The fourth-order valence-electron chi connectivity index (χ4n) is 2.95. The third-order valence-corrected chi connectivity index (χ3v) is 4.13. The highest BCUT2D eigenvalue weighted by Gasteiger charge is 2.37. The van der Waals surface area contributed by atoms with E-state index in [4.69, 9.17) is 9.47 Å². The molecule has 0 aromatic heterocycles. The molecular weight excluding hydrogens is 322 g/mol. The van der Waals surface area contributed by atoms with Gasteiger partial charge in [0.05, 0.1) is 24.8 Å². The Labute approximate surface area is 148 Å². The Morgan fingerprint density at radius 3 is 2.56 bits per heavy atom. The second kappa shape index (κ2) is 7.44. The van der Waals surface area contributed by atoms with Crippen molar-refractivity contribution in [3.8, 4) is 0 Å². The van der Waals surface area contributed by atoms with Crippen LogP contribution < -0.4 is 0 Å². The normalized spacial score (nSPS) is 20.5. The lowest BCUT2D eigenvalue weighted by Crippen LogP contribution is -2.35. The molecule has 2 rings (SSSR count). The fourth-order valence-corrected chi connectivity index (χ4v) is 2.95. The first kappa shape index (κ1) is 19.2. The molecule has 0 saturated carbocycles. The van der Waals surface area contributed by atoms with Crippen LogP contribution in [0, 0.1) is 6.92 Å². The monoisotopic (exact) mass is 349 g/mol. The van der Waals surface area contributed by atoms with Crippen molar-refractivity contribution in [2.24, 2.45) is 0 Å². The number of aliphatic hydroxyl groups excluding tert-OH is 1. The number of ether oxygens (including phenoxy) is 2. The summed E-state index contributed by atoms with van der Waals surface area (Å²) in [5, 5.41) is 10.5. The molecule has 1 N–H and O–H groups in total. The first-order chi connectivity index (χ1) is 11.6. The zero-order chi connectivity index (χ0) is 18.8. The van der Waals surface area contributed by atoms with Crippen molar-refractivity contribution in [3.05, 3.63) is 34.9 Å². The Morgan fingerprint density at radius 1 is 1.28 bits per heavy atom. The van der Waals surface area contributed by atoms with Crippen LogP contribution in [0.1, 0.15) is 55.1 Å². The van der Waals surface area contributed by atoms with Gasteiger partial charge in [-0.1, -0.05) is 6.07 Å². The lowest BCUT2D eigenvalue weighted by Gasteiger charge is -2.24. The van der Waals surface area contributed by atoms with E-state index >= 15 is 0 Å². The molecule has 0 aliphatic carbocycles. The summed E-state index contributed by atoms with van der Waals surface area (Å²) in [5.74, 6) is -0.651. The summed E-state index contributed by atoms with van der Waals surface area (Å²) in [7, 11) is 0. The number of carbonyl (C=O) groups excluding carboxylic acids is 2. The highest BCUT2D eigenvalue weighted by atomic mass is 16.6. The molecule has 0 radical (unpaired) electrons. The SMILES string of the molecule is CCOC(=O)c1ccc(C)c([C@@H]2CN(C(=O)OC(C)(C)C)C[C@H]2O)c1. The quantitative estimate of drug-likeness (QED) is 0.849. The van der Waals surface area contributed by atoms with Crippen LogP contribution in [0.2, 0.25) is 0 Å². The molecule has 1 fully saturated rings. The molecule has 0 bridgehead atoms. The average Bonchev–Trinajstić information content (AvgIpc) is 2.88. The number of β-amino-alcohol motifs (C(OH)–C–C–N with tert-alkyl or cyclic N) is 1. The van der Waals surface area contributed by atoms with Crippen LogP contribution in [-0.4, -0.2) is 53.5 Å². The molecular formula is C19H27NO5. The minimum atomic E-state index is -0.705. The maximum atomic E-state index is 12.2. The molecule has 1 heterocycles. The number of nitrogens with zero attached hydrogens (tertiary/aromatic N) is 1. The van der Waals surface area contributed by atoms with Gasteiger partial charge in [0.2, 0.25) is 0 Å². The van der Waals surface area contributed by atoms with Gasteiger partial charge in [-0.3, -0.25) is 0 Å². The first-order valence-corrected chi connectivity index (χ1v) is 8.56. The summed E-state index contributed by atoms with van der Waals surface area (Å²) < 4.78 is 10.4. The summed E-state index contributed by atoms with van der Waals surface area (Å²) in [6, 6.07) is 5.30. The van der Waals surface area contributed by atoms with Crippen LogP contribution in [0.5, 0.6) is 0 Å². The van der Waals surface area contributed by atoms with E-state index in [1.807, 2.05) is 33.8 Å². The molecule has 1 aromatic carbocycles. The van der Waals surface area contributed by atoms with Gasteiger partial charge < -0.3 is 19.5 Å². The van der Waals surface area contributed by atoms with Crippen molar-refractivity contribution in [3.63, 3.8) is 0 Å². The summed E-state index contributed by atoms with van der Waals surface area (Å²) in [6.07, 6.45) is -1.14. The molecule has 1 saturated heterocycles. The number of hydrogen-bond acceptors (Lipinski definition) is 5. The third kappa shape index (κ3) is 4.72. The van der Waals surface area contributed by atoms with Gasteiger partial charge in [-0.2, -0.15) is 0 Å². The van der Waals surface area contributed by atoms with Crippen LogP contribution in [0.3, 0.4) is 0 Å². The number of esters is 1. The van der Waals surface area contributed by atoms with Crippen molar-refractivity contribution < 1.29 is 24.2 Å². The largest absolute Gasteiger partial charge is 0.462 e. The zero-order valence-corrected chi connectivity index (χ0v) is 15.5. The molecule has 0 spiro atoms. The van der Waals surface area contributed by atoms with Gasteiger partial charge in [0.1, 0.15) is 5.60 Å². The number of rotatable bonds is 3. The predicted molar refractivity (Wildman–Crippen MR) is 93.7 cm³/mol. The second-order valence-electron chi connectivity index (χ2n) is 7.35. The molecule has 1 aromatic rings. The number of aryl methyl sites for hydroxylation is 1. The van der Waals surface area contributed by atoms with E-state index in [1.54, 1.807) is 19.1 Å². The van der Waals surface area contributed by atoms with Crippen molar-refractivity contribution in [2.45, 2.75) is 52.2 Å². The zero-order valence-electron chi connectivity index (χ0n) is 15.5. The van der Waals surface area contributed by atoms with E-state index in [1.165, 1.54) is 4.90 Å². The Hall–Kier alpha value is -2.08. The van der Waals surface area contributed by atoms with Crippen LogP contribution >= 0.6 is 0 Å². The predicted octanol–water partition coefficient (Wildman–Crippen LogP) is 2.87. The molecule has 2 atom stereocenters. The summed E-state index contributed by atoms with van der Waals surface area (Å²) in [4.78, 5) is 25.7. The van der Waals surface area contributed by atoms with Gasteiger partial charge >= 0.3 is 12.1 Å². The van der Waals surface area contributed by atoms with Crippen LogP contribution in [0.25, 0.3) is 0 Å². The number of likely N-dealkylation sites (tertiary alicyclic amines) is 1. The minimum Gasteiger partial charge on any atom is -0.462 e. The first-order valence-electron chi connectivity index (χ1n) is 8.56. The third-order valence-electron chi connectivity index (χ3n) is 4.13. The van der Waals surface area contributed by atoms with E-state index in [0.29, 0.717) is 18.7 Å². The summed E-state index contributed by atoms with van der Waals surface area (Å²) in [6.45, 7) is 9.97. The average molecular weight is 349 g/mol. The molecule has 1 aliphatic heterocycles. The topological polar surface area (TPSA) is 76.1 Å². The van der Waals surface area contributed by atoms with E-state index in [9.17, 15) is 14.7 Å². The number of amides is 1. The molecule has 6 heteroatoms. The van der Waals surface area contributed by atoms with Gasteiger partial charge in [-0.05, 0) is 57.9 Å². The highest BCUT2D eigenvalue weighted by molar-refractivity contribution is 5.89. The second-order valence-corrected chi connectivity index (χ2v) is 7.35. The van der Waals surface area contributed by atoms with Crippen LogP contribution in [0.15, 0.2) is 18.2 Å². The molecule has 25 heavy (non-hydrogen) atoms. The van der Waals surface area contributed by atoms with Crippen molar-refractivity contribution in [1.29, 1.82) is 0 Å². The van der Waals surface area contributed by atoms with E-state index in [0.717, 1.165) is 11.1 Å². The Kier molecular flexibility index (Phi) is 5.72. The van der Waals surface area contributed by atoms with Gasteiger partial charge in [0.25, 0.3) is 0 Å². The lowest BCUT2D eigenvalue weighted by molar-refractivity contribution is 0.0269. The number of benzene rings is 1. The standard InChI is InChI=1S/C19H27NO5/c1-6-24-17(22)13-8-7-12(2)14(9-13)15-10-20(11-16(15)21)18(23)25-19(3,4)5/h7-9,15-16,21H,6,10-11H2,1-5H3/t15-,16+/m0/s1. The Bertz CT molecular complexity index is 650. The molecule has 1 aliphatic rings. The van der Waals surface area contributed by atoms with Gasteiger partial charge in [-0.15, -0.1) is 0 Å². The summed E-state index contributed by atoms with van der Waals surface area (Å²) in [5.41, 5.74) is 1.68. The van der Waals surface area contributed by atoms with Gasteiger partial charge in [0.15, 0.2) is 0 Å². The van der Waals surface area contributed by atoms with Crippen LogP contribution in [-0.2, 0) is 9.47 Å². The van der Waals surface area contributed by atoms with E-state index < -0.39 is 17.8 Å². The Balaban J connectivity index is 2.20. The molecule has 0 unspecified atom stereocenters. The number of aliphatic hydroxyl groups is 1. The van der Waals surface area contributed by atoms with Crippen LogP contribution in [0.4, 0.5) is 4.79 Å². The maximum Gasteiger partial charge on any atom is 0.410 e. The highest BCUT2D eigenvalue weighted by Crippen LogP contribution is 2.31. The fraction of sp³-hybridized carbons (Fsp3) is 0.579. The summed E-state index contributed by atoms with van der Waals surface area (Å²) >= 11 is 0. The number of carbonyl (C=O) groups is 2. The smallest absolute Gasteiger partial charge is 0.410 e. The van der Waals surface area contributed by atoms with Crippen molar-refractivity contribution in [2.75, 3.05) is 19.7 Å². The molecule has 6 nitrogen and oxygen atoms in total.